The highest BCUT2D eigenvalue weighted by Gasteiger charge is 2.52. The van der Waals surface area contributed by atoms with Crippen LogP contribution in [0.1, 0.15) is 50.0 Å². The lowest BCUT2D eigenvalue weighted by atomic mass is 9.77. The number of nitrogens with zero attached hydrogens (tertiary/aromatic N) is 7. The Labute approximate surface area is 325 Å². The molecule has 1 amide bonds. The predicted molar refractivity (Wildman–Crippen MR) is 201 cm³/mol. The van der Waals surface area contributed by atoms with Gasteiger partial charge in [0.15, 0.2) is 17.8 Å². The van der Waals surface area contributed by atoms with Gasteiger partial charge in [-0.25, -0.2) is 14.6 Å². The Kier molecular flexibility index (Phi) is 16.4. The van der Waals surface area contributed by atoms with Crippen LogP contribution in [-0.4, -0.2) is 111 Å². The predicted octanol–water partition coefficient (Wildman–Crippen LogP) is -2.00. The first-order valence-electron chi connectivity index (χ1n) is 17.2. The van der Waals surface area contributed by atoms with E-state index in [4.69, 9.17) is 44.4 Å². The number of unbranched alkanes of at least 4 members (excludes halogenated alkanes) is 1. The van der Waals surface area contributed by atoms with Crippen LogP contribution in [0, 0.1) is 11.3 Å². The van der Waals surface area contributed by atoms with Gasteiger partial charge in [-0.15, -0.1) is 0 Å². The smallest absolute Gasteiger partial charge is 0.351 e. The Hall–Kier alpha value is -5.47. The molecule has 1 aliphatic heterocycles. The first-order chi connectivity index (χ1) is 26.5. The van der Waals surface area contributed by atoms with Crippen molar-refractivity contribution in [2.45, 2.75) is 87.3 Å². The van der Waals surface area contributed by atoms with E-state index in [-0.39, 0.29) is 17.3 Å². The molecule has 14 N–H and O–H groups in total. The number of benzene rings is 1. The number of halogens is 1. The molecule has 1 unspecified atom stereocenters. The summed E-state index contributed by atoms with van der Waals surface area (Å²) in [5.41, 5.74) is 18.2. The maximum Gasteiger partial charge on any atom is 0.351 e. The number of nitrogen functional groups attached to an aromatic ring is 1. The number of nitrogens with one attached hydrogen (secondary N) is 1. The number of amides is 1. The molecule has 2 aromatic heterocycles. The van der Waals surface area contributed by atoms with Gasteiger partial charge in [0, 0.05) is 23.2 Å². The molecule has 0 aliphatic carbocycles. The van der Waals surface area contributed by atoms with E-state index in [0.29, 0.717) is 11.6 Å². The molecule has 4 rings (SSSR count). The van der Waals surface area contributed by atoms with E-state index < -0.39 is 85.3 Å². The summed E-state index contributed by atoms with van der Waals surface area (Å²) in [6.45, 7) is 0.863. The summed E-state index contributed by atoms with van der Waals surface area (Å²) in [5.74, 6) is -3.36. The average Bonchev–Trinajstić information content (AvgIpc) is 3.69. The van der Waals surface area contributed by atoms with Crippen molar-refractivity contribution in [3.05, 3.63) is 81.9 Å². The molecule has 56 heavy (non-hydrogen) atoms. The molecule has 0 bridgehead atoms. The number of aromatic nitrogens is 5. The maximum absolute atomic E-state index is 12.4. The summed E-state index contributed by atoms with van der Waals surface area (Å²) in [4.78, 5) is 48.0. The number of aliphatic imine (C=N–C) groups is 1. The molecule has 7 atom stereocenters. The highest BCUT2D eigenvalue weighted by Crippen LogP contribution is 2.33. The molecule has 0 saturated carbocycles. The van der Waals surface area contributed by atoms with Crippen molar-refractivity contribution >= 4 is 35.3 Å². The zero-order chi connectivity index (χ0) is 41.6. The molecule has 304 valence electrons. The largest absolute Gasteiger partial charge is 0.479 e. The minimum atomic E-state index is -2.87. The van der Waals surface area contributed by atoms with E-state index in [0.717, 1.165) is 35.6 Å². The van der Waals surface area contributed by atoms with Crippen LogP contribution in [0.5, 0.6) is 0 Å². The van der Waals surface area contributed by atoms with Crippen molar-refractivity contribution in [1.82, 2.24) is 29.6 Å². The van der Waals surface area contributed by atoms with Crippen LogP contribution in [0.2, 0.25) is 5.02 Å². The highest BCUT2D eigenvalue weighted by atomic mass is 35.5. The topological polar surface area (TPSA) is 362 Å². The molecule has 22 heteroatoms. The van der Waals surface area contributed by atoms with Gasteiger partial charge in [0.2, 0.25) is 5.91 Å². The second-order valence-electron chi connectivity index (χ2n) is 12.9. The van der Waals surface area contributed by atoms with E-state index >= 15 is 0 Å². The summed E-state index contributed by atoms with van der Waals surface area (Å²) in [7, 11) is 0. The Morgan fingerprint density at radius 1 is 1.21 bits per heavy atom. The number of anilines is 1. The van der Waals surface area contributed by atoms with Gasteiger partial charge in [-0.3, -0.25) is 19.0 Å². The fourth-order valence-electron chi connectivity index (χ4n) is 5.74. The number of carboxylic acids is 1. The Morgan fingerprint density at radius 3 is 2.46 bits per heavy atom. The summed E-state index contributed by atoms with van der Waals surface area (Å²) >= 11 is 5.94. The third-order valence-electron chi connectivity index (χ3n) is 8.78. The fourth-order valence-corrected chi connectivity index (χ4v) is 5.86. The van der Waals surface area contributed by atoms with Crippen molar-refractivity contribution in [1.29, 1.82) is 5.26 Å². The number of carbonyl (C=O) groups is 2. The molecule has 1 aromatic carbocycles. The number of hydrogen-bond donors (Lipinski definition) is 10. The van der Waals surface area contributed by atoms with Gasteiger partial charge < -0.3 is 58.5 Å². The lowest BCUT2D eigenvalue weighted by Gasteiger charge is -2.41. The van der Waals surface area contributed by atoms with E-state index in [9.17, 15) is 40.1 Å². The number of aliphatic carboxylic acids is 1. The monoisotopic (exact) mass is 802 g/mol. The minimum Gasteiger partial charge on any atom is -0.479 e. The van der Waals surface area contributed by atoms with Crippen molar-refractivity contribution in [2.24, 2.45) is 22.2 Å². The van der Waals surface area contributed by atoms with Gasteiger partial charge in [0.05, 0.1) is 44.5 Å². The standard InChI is InChI=1S/C19H30N8O9.C15H17ClN4/c20-10(7-29)15(31)25-11-1-2-12(27-5-8(6-28)14(21)26-18(27)34)36-13(11)19(35,16(32)33)3-9(30)4-24-17(22)23;1-2-3-8-15(9-17,10-20-12-18-11-19-20)13-4-6-14(16)7-5-13/h1-2,5,9-13,28-30,35H,3-4,6-7,20H2,(H,25,31)(H,32,33)(H2,21,26,34)(H4,22,23,24);4-7,11-12H,2-3,8,10H2,1H3/t9-,10+,11+,12-,13+,19-;/m1./s1. The molecular formula is C34H47ClN12O9. The number of rotatable bonds is 17. The highest BCUT2D eigenvalue weighted by molar-refractivity contribution is 6.30. The van der Waals surface area contributed by atoms with Gasteiger partial charge in [-0.1, -0.05) is 49.6 Å². The molecule has 21 nitrogen and oxygen atoms in total. The molecule has 0 radical (unpaired) electrons. The Balaban J connectivity index is 0.000000353. The Morgan fingerprint density at radius 2 is 1.91 bits per heavy atom. The second kappa shape index (κ2) is 20.4. The molecule has 3 heterocycles. The zero-order valence-corrected chi connectivity index (χ0v) is 31.2. The van der Waals surface area contributed by atoms with Crippen LogP contribution >= 0.6 is 11.6 Å². The number of carboxylic acid groups (broad SMARTS) is 1. The molecule has 3 aromatic rings. The van der Waals surface area contributed by atoms with Crippen LogP contribution in [0.15, 0.2) is 65.1 Å². The lowest BCUT2D eigenvalue weighted by molar-refractivity contribution is -0.197. The average molecular weight is 803 g/mol. The van der Waals surface area contributed by atoms with Gasteiger partial charge in [-0.2, -0.15) is 15.3 Å². The molecule has 1 aliphatic rings. The van der Waals surface area contributed by atoms with Gasteiger partial charge in [0.1, 0.15) is 36.0 Å². The summed E-state index contributed by atoms with van der Waals surface area (Å²) in [6.07, 6.45) is 3.96. The van der Waals surface area contributed by atoms with Crippen LogP contribution in [0.3, 0.4) is 0 Å². The number of aliphatic hydroxyl groups excluding tert-OH is 3. The first kappa shape index (κ1) is 44.9. The SMILES string of the molecule is CCCCC(C#N)(Cn1cncn1)c1ccc(Cl)cc1.NC(N)=NC[C@H](O)C[C@](O)(C(=O)O)[C@H]1O[C@@H](n2cc(CO)c(N)nc2=O)C=C[C@@H]1NC(=O)[C@@H](N)CO. The molecule has 0 saturated heterocycles. The number of carbonyl (C=O) groups excluding carboxylic acids is 1. The van der Waals surface area contributed by atoms with E-state index in [1.807, 2.05) is 24.3 Å². The fraction of sp³-hybridized carbons (Fsp3) is 0.471. The second-order valence-corrected chi connectivity index (χ2v) is 13.3. The summed E-state index contributed by atoms with van der Waals surface area (Å²) < 4.78 is 8.33. The van der Waals surface area contributed by atoms with Crippen molar-refractivity contribution in [3.8, 4) is 6.07 Å². The van der Waals surface area contributed by atoms with Crippen molar-refractivity contribution < 1.29 is 39.9 Å². The number of aliphatic hydroxyl groups is 4. The number of ether oxygens (including phenoxy) is 1. The number of nitrogens with two attached hydrogens (primary N) is 4. The quantitative estimate of drug-likeness (QED) is 0.0401. The molecule has 0 spiro atoms. The van der Waals surface area contributed by atoms with E-state index in [1.54, 1.807) is 11.0 Å². The minimum absolute atomic E-state index is 0.0636. The molecular weight excluding hydrogens is 756 g/mol. The summed E-state index contributed by atoms with van der Waals surface area (Å²) in [6, 6.07) is 7.28. The van der Waals surface area contributed by atoms with Crippen molar-refractivity contribution in [3.63, 3.8) is 0 Å². The van der Waals surface area contributed by atoms with Gasteiger partial charge >= 0.3 is 11.7 Å². The normalized spacial score (nSPS) is 19.5. The van der Waals surface area contributed by atoms with Crippen LogP contribution in [-0.2, 0) is 32.9 Å². The molecule has 0 fully saturated rings. The number of hydrogen-bond acceptors (Lipinski definition) is 15. The van der Waals surface area contributed by atoms with Crippen molar-refractivity contribution in [2.75, 3.05) is 18.9 Å². The van der Waals surface area contributed by atoms with Gasteiger partial charge in [0.25, 0.3) is 0 Å². The van der Waals surface area contributed by atoms with Crippen LogP contribution in [0.25, 0.3) is 0 Å². The summed E-state index contributed by atoms with van der Waals surface area (Å²) in [5, 5.41) is 66.9. The Bertz CT molecular complexity index is 1920. The third-order valence-corrected chi connectivity index (χ3v) is 9.03. The zero-order valence-electron chi connectivity index (χ0n) is 30.4. The van der Waals surface area contributed by atoms with Crippen LogP contribution in [0.4, 0.5) is 5.82 Å². The number of guanidine groups is 1. The first-order valence-corrected chi connectivity index (χ1v) is 17.6. The lowest BCUT2D eigenvalue weighted by Crippen LogP contribution is -2.63. The maximum atomic E-state index is 12.4. The van der Waals surface area contributed by atoms with Gasteiger partial charge in [-0.05, 0) is 30.2 Å². The van der Waals surface area contributed by atoms with Crippen LogP contribution < -0.4 is 33.9 Å². The number of nitriles is 1. The third kappa shape index (κ3) is 11.5. The van der Waals surface area contributed by atoms with E-state index in [1.165, 1.54) is 18.5 Å². The van der Waals surface area contributed by atoms with E-state index in [2.05, 4.69) is 38.4 Å².